The van der Waals surface area contributed by atoms with Gasteiger partial charge in [-0.25, -0.2) is 0 Å². The van der Waals surface area contributed by atoms with Crippen LogP contribution in [-0.2, 0) is 9.47 Å². The molecule has 160 valence electrons. The molecule has 0 radical (unpaired) electrons. The second-order valence-corrected chi connectivity index (χ2v) is 8.26. The number of fused-ring (bicyclic) bond motifs is 1. The maximum Gasteiger partial charge on any atom is 0.0897 e. The Morgan fingerprint density at radius 1 is 1.13 bits per heavy atom. The molecule has 1 saturated heterocycles. The quantitative estimate of drug-likeness (QED) is 0.455. The number of rotatable bonds is 10. The van der Waals surface area contributed by atoms with Gasteiger partial charge in [0.05, 0.1) is 25.4 Å². The van der Waals surface area contributed by atoms with Crippen LogP contribution in [0.3, 0.4) is 0 Å². The molecule has 1 aliphatic rings. The van der Waals surface area contributed by atoms with Gasteiger partial charge in [0.15, 0.2) is 0 Å². The van der Waals surface area contributed by atoms with E-state index in [-0.39, 0.29) is 12.0 Å². The minimum atomic E-state index is -0.568. The van der Waals surface area contributed by atoms with Crippen LogP contribution in [0.15, 0.2) is 54.7 Å². The van der Waals surface area contributed by atoms with Crippen LogP contribution in [0, 0.1) is 0 Å². The van der Waals surface area contributed by atoms with Crippen LogP contribution in [0.2, 0.25) is 5.02 Å². The third-order valence-corrected chi connectivity index (χ3v) is 5.99. The van der Waals surface area contributed by atoms with E-state index in [9.17, 15) is 5.11 Å². The normalized spacial score (nSPS) is 18.7. The lowest BCUT2D eigenvalue weighted by Crippen LogP contribution is -2.34. The summed E-state index contributed by atoms with van der Waals surface area (Å²) in [6, 6.07) is 16.2. The zero-order valence-electron chi connectivity index (χ0n) is 17.0. The highest BCUT2D eigenvalue weighted by Gasteiger charge is 2.21. The van der Waals surface area contributed by atoms with Gasteiger partial charge in [0.25, 0.3) is 0 Å². The molecule has 30 heavy (non-hydrogen) atoms. The van der Waals surface area contributed by atoms with Crippen LogP contribution in [0.5, 0.6) is 0 Å². The lowest BCUT2D eigenvalue weighted by molar-refractivity contribution is -0.0164. The van der Waals surface area contributed by atoms with E-state index in [1.54, 1.807) is 0 Å². The van der Waals surface area contributed by atoms with E-state index < -0.39 is 6.10 Å². The van der Waals surface area contributed by atoms with Crippen molar-refractivity contribution in [1.29, 1.82) is 0 Å². The summed E-state index contributed by atoms with van der Waals surface area (Å²) in [5.41, 5.74) is 3.36. The number of halogens is 1. The van der Waals surface area contributed by atoms with Crippen molar-refractivity contribution in [3.8, 4) is 0 Å². The van der Waals surface area contributed by atoms with Gasteiger partial charge in [0.2, 0.25) is 0 Å². The number of hydrogen-bond donors (Lipinski definition) is 3. The molecule has 2 aromatic carbocycles. The molecule has 0 amide bonds. The van der Waals surface area contributed by atoms with Crippen LogP contribution in [0.1, 0.15) is 29.9 Å². The lowest BCUT2D eigenvalue weighted by Gasteiger charge is -2.21. The second kappa shape index (κ2) is 10.4. The van der Waals surface area contributed by atoms with Crippen molar-refractivity contribution in [3.05, 3.63) is 70.9 Å². The van der Waals surface area contributed by atoms with Crippen molar-refractivity contribution < 1.29 is 14.6 Å². The molecule has 3 unspecified atom stereocenters. The van der Waals surface area contributed by atoms with E-state index >= 15 is 0 Å². The number of aliphatic hydroxyl groups excluding tert-OH is 1. The zero-order valence-corrected chi connectivity index (χ0v) is 17.8. The second-order valence-electron chi connectivity index (χ2n) is 7.85. The fourth-order valence-electron chi connectivity index (χ4n) is 4.09. The summed E-state index contributed by atoms with van der Waals surface area (Å²) in [4.78, 5) is 3.36. The minimum absolute atomic E-state index is 0.0647. The Bertz CT molecular complexity index is 939. The fourth-order valence-corrected chi connectivity index (χ4v) is 4.36. The number of aliphatic hydroxyl groups is 1. The summed E-state index contributed by atoms with van der Waals surface area (Å²) in [5.74, 6) is 0.0647. The number of aromatic amines is 1. The molecule has 1 aliphatic heterocycles. The number of aromatic nitrogens is 1. The van der Waals surface area contributed by atoms with Crippen LogP contribution in [0.4, 0.5) is 0 Å². The van der Waals surface area contributed by atoms with Crippen molar-refractivity contribution >= 4 is 22.5 Å². The van der Waals surface area contributed by atoms with E-state index in [0.717, 1.165) is 35.6 Å². The number of hydrogen-bond acceptors (Lipinski definition) is 4. The zero-order chi connectivity index (χ0) is 20.8. The summed E-state index contributed by atoms with van der Waals surface area (Å²) < 4.78 is 11.2. The van der Waals surface area contributed by atoms with Crippen molar-refractivity contribution in [3.63, 3.8) is 0 Å². The summed E-state index contributed by atoms with van der Waals surface area (Å²) in [7, 11) is 0. The molecule has 0 aliphatic carbocycles. The molecule has 5 nitrogen and oxygen atoms in total. The Labute approximate surface area is 182 Å². The fraction of sp³-hybridized carbons (Fsp3) is 0.417. The van der Waals surface area contributed by atoms with Gasteiger partial charge in [-0.3, -0.25) is 0 Å². The number of benzene rings is 2. The smallest absolute Gasteiger partial charge is 0.0897 e. The molecule has 0 bridgehead atoms. The van der Waals surface area contributed by atoms with Crippen molar-refractivity contribution in [2.45, 2.75) is 31.0 Å². The Kier molecular flexibility index (Phi) is 7.42. The van der Waals surface area contributed by atoms with Gasteiger partial charge in [0.1, 0.15) is 0 Å². The van der Waals surface area contributed by atoms with Gasteiger partial charge in [-0.2, -0.15) is 0 Å². The number of ether oxygens (including phenoxy) is 2. The standard InChI is InChI=1S/C24H29ClN2O3/c25-23-9-3-1-7-19(23)21(22-14-27-24-10-4-2-8-20(22)24)13-26-12-17(28)15-29-16-18-6-5-11-30-18/h1-4,7-10,14,17-18,21,26-28H,5-6,11-13,15-16H2. The van der Waals surface area contributed by atoms with Gasteiger partial charge in [0, 0.05) is 47.7 Å². The molecular weight excluding hydrogens is 400 g/mol. The van der Waals surface area contributed by atoms with Gasteiger partial charge >= 0.3 is 0 Å². The molecule has 3 N–H and O–H groups in total. The predicted octanol–water partition coefficient (Wildman–Crippen LogP) is 4.10. The maximum absolute atomic E-state index is 10.3. The van der Waals surface area contributed by atoms with Gasteiger partial charge in [-0.05, 0) is 36.1 Å². The third kappa shape index (κ3) is 5.23. The number of nitrogens with one attached hydrogen (secondary N) is 2. The first-order valence-electron chi connectivity index (χ1n) is 10.6. The molecule has 3 atom stereocenters. The number of H-pyrrole nitrogens is 1. The highest BCUT2D eigenvalue weighted by Crippen LogP contribution is 2.34. The molecular formula is C24H29ClN2O3. The van der Waals surface area contributed by atoms with Gasteiger partial charge in [-0.15, -0.1) is 0 Å². The Balaban J connectivity index is 1.39. The van der Waals surface area contributed by atoms with Gasteiger partial charge in [-0.1, -0.05) is 48.0 Å². The van der Waals surface area contributed by atoms with E-state index in [1.165, 1.54) is 10.9 Å². The molecule has 1 aromatic heterocycles. The summed E-state index contributed by atoms with van der Waals surface area (Å²) >= 11 is 6.54. The summed E-state index contributed by atoms with van der Waals surface area (Å²) in [6.07, 6.45) is 3.80. The molecule has 0 spiro atoms. The number of para-hydroxylation sites is 1. The maximum atomic E-state index is 10.3. The van der Waals surface area contributed by atoms with Crippen LogP contribution in [-0.4, -0.2) is 55.2 Å². The molecule has 6 heteroatoms. The first-order chi connectivity index (χ1) is 14.7. The summed E-state index contributed by atoms with van der Waals surface area (Å²) in [5, 5.41) is 15.6. The van der Waals surface area contributed by atoms with Gasteiger partial charge < -0.3 is 24.9 Å². The Morgan fingerprint density at radius 2 is 1.97 bits per heavy atom. The van der Waals surface area contributed by atoms with E-state index in [0.29, 0.717) is 26.3 Å². The van der Waals surface area contributed by atoms with E-state index in [2.05, 4.69) is 34.7 Å². The predicted molar refractivity (Wildman–Crippen MR) is 120 cm³/mol. The summed E-state index contributed by atoms with van der Waals surface area (Å²) in [6.45, 7) is 2.78. The van der Waals surface area contributed by atoms with Crippen LogP contribution < -0.4 is 5.32 Å². The van der Waals surface area contributed by atoms with Crippen LogP contribution in [0.25, 0.3) is 10.9 Å². The average Bonchev–Trinajstić information content (AvgIpc) is 3.42. The van der Waals surface area contributed by atoms with Crippen molar-refractivity contribution in [2.75, 3.05) is 32.9 Å². The largest absolute Gasteiger partial charge is 0.389 e. The molecule has 3 aromatic rings. The minimum Gasteiger partial charge on any atom is -0.389 e. The third-order valence-electron chi connectivity index (χ3n) is 5.64. The Morgan fingerprint density at radius 3 is 2.80 bits per heavy atom. The average molecular weight is 429 g/mol. The van der Waals surface area contributed by atoms with E-state index in [4.69, 9.17) is 21.1 Å². The first-order valence-corrected chi connectivity index (χ1v) is 11.0. The van der Waals surface area contributed by atoms with Crippen molar-refractivity contribution in [2.24, 2.45) is 0 Å². The van der Waals surface area contributed by atoms with Crippen molar-refractivity contribution in [1.82, 2.24) is 10.3 Å². The topological polar surface area (TPSA) is 66.5 Å². The molecule has 1 fully saturated rings. The molecule has 0 saturated carbocycles. The Hall–Kier alpha value is -1.89. The lowest BCUT2D eigenvalue weighted by atomic mass is 9.90. The van der Waals surface area contributed by atoms with Crippen LogP contribution >= 0.6 is 11.6 Å². The molecule has 2 heterocycles. The molecule has 4 rings (SSSR count). The SMILES string of the molecule is OC(CNCC(c1ccccc1Cl)c1c[nH]c2ccccc12)COCC1CCCO1. The first kappa shape index (κ1) is 21.3. The highest BCUT2D eigenvalue weighted by molar-refractivity contribution is 6.31. The highest BCUT2D eigenvalue weighted by atomic mass is 35.5. The monoisotopic (exact) mass is 428 g/mol. The van der Waals surface area contributed by atoms with E-state index in [1.807, 2.05) is 30.3 Å².